The van der Waals surface area contributed by atoms with E-state index >= 15 is 0 Å². The lowest BCUT2D eigenvalue weighted by Gasteiger charge is -2.29. The highest BCUT2D eigenvalue weighted by Crippen LogP contribution is 2.32. The zero-order chi connectivity index (χ0) is 18.1. The van der Waals surface area contributed by atoms with E-state index in [0.29, 0.717) is 16.6 Å². The molecule has 0 bridgehead atoms. The van der Waals surface area contributed by atoms with Crippen molar-refractivity contribution in [1.82, 2.24) is 10.3 Å². The molecule has 0 atom stereocenters. The Balaban J connectivity index is 0.00000140. The van der Waals surface area contributed by atoms with E-state index in [1.807, 2.05) is 30.3 Å². The van der Waals surface area contributed by atoms with Gasteiger partial charge >= 0.3 is 0 Å². The van der Waals surface area contributed by atoms with Gasteiger partial charge in [-0.05, 0) is 47.0 Å². The van der Waals surface area contributed by atoms with Crippen LogP contribution in [-0.2, 0) is 6.54 Å². The van der Waals surface area contributed by atoms with Crippen LogP contribution < -0.4 is 16.0 Å². The lowest BCUT2D eigenvalue weighted by Crippen LogP contribution is -2.44. The Bertz CT molecular complexity index is 958. The van der Waals surface area contributed by atoms with Gasteiger partial charge in [-0.2, -0.15) is 0 Å². The second-order valence-electron chi connectivity index (χ2n) is 6.45. The summed E-state index contributed by atoms with van der Waals surface area (Å²) in [6.45, 7) is 4.16. The number of nitrogens with zero attached hydrogens (tertiary/aromatic N) is 2. The van der Waals surface area contributed by atoms with Crippen LogP contribution in [0.15, 0.2) is 42.5 Å². The minimum absolute atomic E-state index is 0. The Morgan fingerprint density at radius 2 is 1.61 bits per heavy atom. The molecule has 1 saturated heterocycles. The number of halogens is 4. The number of hydrogen-bond donors (Lipinski definition) is 2. The maximum Gasteiger partial charge on any atom is 0.148 e. The van der Waals surface area contributed by atoms with Gasteiger partial charge in [-0.15, -0.1) is 24.8 Å². The maximum absolute atomic E-state index is 6.54. The predicted octanol–water partition coefficient (Wildman–Crippen LogP) is 4.92. The molecular formula is C20H22Cl4N4. The van der Waals surface area contributed by atoms with E-state index in [4.69, 9.17) is 33.9 Å². The lowest BCUT2D eigenvalue weighted by atomic mass is 10.0. The molecule has 4 rings (SSSR count). The number of nitrogens with two attached hydrogens (primary N) is 1. The number of rotatable bonds is 3. The van der Waals surface area contributed by atoms with Crippen LogP contribution in [0.5, 0.6) is 0 Å². The van der Waals surface area contributed by atoms with Gasteiger partial charge in [0.15, 0.2) is 0 Å². The molecule has 0 radical (unpaired) electrons. The smallest absolute Gasteiger partial charge is 0.148 e. The van der Waals surface area contributed by atoms with Gasteiger partial charge in [0.2, 0.25) is 0 Å². The summed E-state index contributed by atoms with van der Waals surface area (Å²) in [4.78, 5) is 7.04. The third-order valence-electron chi connectivity index (χ3n) is 4.77. The second kappa shape index (κ2) is 9.97. The minimum atomic E-state index is 0. The van der Waals surface area contributed by atoms with Crippen molar-refractivity contribution >= 4 is 64.7 Å². The first kappa shape index (κ1) is 23.0. The van der Waals surface area contributed by atoms with E-state index in [9.17, 15) is 0 Å². The van der Waals surface area contributed by atoms with Crippen molar-refractivity contribution < 1.29 is 0 Å². The van der Waals surface area contributed by atoms with Crippen molar-refractivity contribution in [3.8, 4) is 11.1 Å². The molecule has 28 heavy (non-hydrogen) atoms. The molecule has 1 aliphatic rings. The summed E-state index contributed by atoms with van der Waals surface area (Å²) in [5, 5.41) is 5.76. The van der Waals surface area contributed by atoms with Gasteiger partial charge in [-0.3, -0.25) is 0 Å². The number of nitrogens with one attached hydrogen (secondary N) is 1. The molecule has 0 unspecified atom stereocenters. The summed E-state index contributed by atoms with van der Waals surface area (Å²) in [5.41, 5.74) is 9.83. The average molecular weight is 460 g/mol. The standard InChI is InChI=1S/C20H20Cl2N4.2ClH/c21-17-3-1-13(10-16(17)12-23)14-2-4-19-15(9-14)11-18(22)20(25-19)26-7-5-24-6-8-26;;/h1-4,9-11,24H,5-8,12,23H2;2*1H. The highest BCUT2D eigenvalue weighted by molar-refractivity contribution is 6.33. The molecule has 3 aromatic rings. The van der Waals surface area contributed by atoms with Crippen molar-refractivity contribution in [3.63, 3.8) is 0 Å². The van der Waals surface area contributed by atoms with Crippen LogP contribution >= 0.6 is 48.0 Å². The van der Waals surface area contributed by atoms with E-state index in [-0.39, 0.29) is 24.8 Å². The van der Waals surface area contributed by atoms with Crippen molar-refractivity contribution in [2.45, 2.75) is 6.54 Å². The van der Waals surface area contributed by atoms with Crippen molar-refractivity contribution in [2.24, 2.45) is 5.73 Å². The van der Waals surface area contributed by atoms with E-state index in [0.717, 1.165) is 59.6 Å². The highest BCUT2D eigenvalue weighted by Gasteiger charge is 2.16. The summed E-state index contributed by atoms with van der Waals surface area (Å²) >= 11 is 12.7. The Kier molecular flexibility index (Phi) is 8.19. The van der Waals surface area contributed by atoms with Crippen LogP contribution in [0.2, 0.25) is 10.0 Å². The fourth-order valence-corrected chi connectivity index (χ4v) is 3.80. The number of benzene rings is 2. The quantitative estimate of drug-likeness (QED) is 0.583. The summed E-state index contributed by atoms with van der Waals surface area (Å²) in [6.07, 6.45) is 0. The first-order valence-electron chi connectivity index (χ1n) is 8.70. The summed E-state index contributed by atoms with van der Waals surface area (Å²) in [5.74, 6) is 0.866. The Labute approximate surface area is 187 Å². The van der Waals surface area contributed by atoms with Gasteiger partial charge in [-0.25, -0.2) is 4.98 Å². The number of piperazine rings is 1. The molecule has 3 N–H and O–H groups in total. The molecule has 1 aliphatic heterocycles. The largest absolute Gasteiger partial charge is 0.353 e. The van der Waals surface area contributed by atoms with Crippen LogP contribution in [0.1, 0.15) is 5.56 Å². The Morgan fingerprint density at radius 1 is 0.929 bits per heavy atom. The van der Waals surface area contributed by atoms with E-state index in [2.05, 4.69) is 22.3 Å². The number of fused-ring (bicyclic) bond motifs is 1. The fourth-order valence-electron chi connectivity index (χ4n) is 3.33. The normalized spacial score (nSPS) is 13.8. The Hall–Kier alpha value is -1.27. The lowest BCUT2D eigenvalue weighted by molar-refractivity contribution is 0.585. The van der Waals surface area contributed by atoms with E-state index in [1.165, 1.54) is 0 Å². The summed E-state index contributed by atoms with van der Waals surface area (Å²) in [6, 6.07) is 14.2. The summed E-state index contributed by atoms with van der Waals surface area (Å²) < 4.78 is 0. The number of aromatic nitrogens is 1. The first-order chi connectivity index (χ1) is 12.7. The molecule has 0 amide bonds. The maximum atomic E-state index is 6.54. The molecule has 0 spiro atoms. The average Bonchev–Trinajstić information content (AvgIpc) is 2.68. The predicted molar refractivity (Wildman–Crippen MR) is 125 cm³/mol. The topological polar surface area (TPSA) is 54.2 Å². The molecule has 1 aromatic heterocycles. The van der Waals surface area contributed by atoms with Gasteiger partial charge in [-0.1, -0.05) is 35.3 Å². The van der Waals surface area contributed by atoms with Crippen LogP contribution in [-0.4, -0.2) is 31.2 Å². The molecule has 8 heteroatoms. The molecule has 2 heterocycles. The van der Waals surface area contributed by atoms with Crippen molar-refractivity contribution in [1.29, 1.82) is 0 Å². The van der Waals surface area contributed by atoms with E-state index < -0.39 is 0 Å². The zero-order valence-corrected chi connectivity index (χ0v) is 18.3. The third kappa shape index (κ3) is 4.65. The van der Waals surface area contributed by atoms with Gasteiger partial charge in [0.05, 0.1) is 10.5 Å². The van der Waals surface area contributed by atoms with Crippen LogP contribution in [0.25, 0.3) is 22.0 Å². The fraction of sp³-hybridized carbons (Fsp3) is 0.250. The van der Waals surface area contributed by atoms with Crippen LogP contribution in [0.4, 0.5) is 5.82 Å². The van der Waals surface area contributed by atoms with Gasteiger partial charge in [0, 0.05) is 43.1 Å². The molecule has 150 valence electrons. The third-order valence-corrected chi connectivity index (χ3v) is 5.41. The Morgan fingerprint density at radius 3 is 2.32 bits per heavy atom. The number of pyridine rings is 1. The highest BCUT2D eigenvalue weighted by atomic mass is 35.5. The van der Waals surface area contributed by atoms with Gasteiger partial charge in [0.25, 0.3) is 0 Å². The molecule has 1 fully saturated rings. The zero-order valence-electron chi connectivity index (χ0n) is 15.1. The summed E-state index contributed by atoms with van der Waals surface area (Å²) in [7, 11) is 0. The molecule has 2 aromatic carbocycles. The van der Waals surface area contributed by atoms with Gasteiger partial charge < -0.3 is 16.0 Å². The monoisotopic (exact) mass is 458 g/mol. The number of anilines is 1. The SMILES string of the molecule is Cl.Cl.NCc1cc(-c2ccc3nc(N4CCNCC4)c(Cl)cc3c2)ccc1Cl. The van der Waals surface area contributed by atoms with Crippen LogP contribution in [0, 0.1) is 0 Å². The second-order valence-corrected chi connectivity index (χ2v) is 7.26. The van der Waals surface area contributed by atoms with Crippen LogP contribution in [0.3, 0.4) is 0 Å². The number of hydrogen-bond acceptors (Lipinski definition) is 4. The van der Waals surface area contributed by atoms with E-state index in [1.54, 1.807) is 0 Å². The molecule has 0 aliphatic carbocycles. The first-order valence-corrected chi connectivity index (χ1v) is 9.46. The molecule has 0 saturated carbocycles. The van der Waals surface area contributed by atoms with Crippen molar-refractivity contribution in [2.75, 3.05) is 31.1 Å². The van der Waals surface area contributed by atoms with Gasteiger partial charge in [0.1, 0.15) is 5.82 Å². The molecular weight excluding hydrogens is 438 g/mol. The van der Waals surface area contributed by atoms with Crippen molar-refractivity contribution in [3.05, 3.63) is 58.1 Å². The molecule has 4 nitrogen and oxygen atoms in total. The minimum Gasteiger partial charge on any atom is -0.353 e.